The van der Waals surface area contributed by atoms with Crippen LogP contribution in [0.25, 0.3) is 81.7 Å². The largest absolute Gasteiger partial charge is 0.309 e. The molecule has 4 aromatic heterocycles. The Morgan fingerprint density at radius 1 is 0.527 bits per heavy atom. The maximum Gasteiger partial charge on any atom is 0.137 e. The molecule has 11 rings (SSSR count). The molecule has 0 spiro atoms. The fraction of sp³-hybridized carbons (Fsp3) is 0. The molecule has 7 aromatic carbocycles. The smallest absolute Gasteiger partial charge is 0.137 e. The van der Waals surface area contributed by atoms with Crippen molar-refractivity contribution in [1.82, 2.24) is 14.5 Å². The minimum Gasteiger partial charge on any atom is -0.309 e. The molecule has 0 amide bonds. The summed E-state index contributed by atoms with van der Waals surface area (Å²) in [6.45, 7) is 0. The average molecular weight is 723 g/mol. The number of para-hydroxylation sites is 1. The number of hydrogen-bond donors (Lipinski definition) is 0. The van der Waals surface area contributed by atoms with Gasteiger partial charge in [-0.25, -0.2) is 4.98 Å². The van der Waals surface area contributed by atoms with Crippen LogP contribution in [0.2, 0.25) is 0 Å². The van der Waals surface area contributed by atoms with Crippen LogP contribution < -0.4 is 4.90 Å². The van der Waals surface area contributed by atoms with Gasteiger partial charge in [-0.2, -0.15) is 0 Å². The van der Waals surface area contributed by atoms with Crippen LogP contribution in [0.15, 0.2) is 182 Å². The molecule has 258 valence electrons. The second-order valence-corrected chi connectivity index (χ2v) is 14.8. The molecule has 0 bridgehead atoms. The number of rotatable bonds is 7. The molecule has 0 unspecified atom stereocenters. The van der Waals surface area contributed by atoms with Gasteiger partial charge < -0.3 is 4.57 Å². The van der Waals surface area contributed by atoms with Crippen molar-refractivity contribution in [2.75, 3.05) is 4.90 Å². The lowest BCUT2D eigenvalue weighted by molar-refractivity contribution is 1.16. The first-order chi connectivity index (χ1) is 28.1. The fourth-order valence-electron chi connectivity index (χ4n) is 7.98. The summed E-state index contributed by atoms with van der Waals surface area (Å²) in [5.74, 6) is 0.849. The third kappa shape index (κ3) is 5.36. The van der Waals surface area contributed by atoms with E-state index in [-0.39, 0.29) is 12.1 Å². The van der Waals surface area contributed by atoms with Gasteiger partial charge >= 0.3 is 0 Å². The van der Waals surface area contributed by atoms with E-state index in [0.29, 0.717) is 5.56 Å². The molecule has 5 heteroatoms. The fourth-order valence-corrected chi connectivity index (χ4v) is 9.16. The zero-order valence-corrected chi connectivity index (χ0v) is 30.3. The summed E-state index contributed by atoms with van der Waals surface area (Å²) in [4.78, 5) is 11.1. The van der Waals surface area contributed by atoms with Crippen LogP contribution in [0.3, 0.4) is 0 Å². The molecule has 0 atom stereocenters. The molecule has 0 saturated heterocycles. The molecule has 55 heavy (non-hydrogen) atoms. The van der Waals surface area contributed by atoms with Gasteiger partial charge in [0.1, 0.15) is 5.82 Å². The van der Waals surface area contributed by atoms with E-state index in [1.165, 1.54) is 32.4 Å². The van der Waals surface area contributed by atoms with Crippen LogP contribution in [-0.2, 0) is 0 Å². The zero-order chi connectivity index (χ0) is 38.0. The Kier molecular flexibility index (Phi) is 6.84. The Hall–Kier alpha value is -7.08. The lowest BCUT2D eigenvalue weighted by atomic mass is 9.97. The van der Waals surface area contributed by atoms with E-state index in [1.807, 2.05) is 73.2 Å². The van der Waals surface area contributed by atoms with Gasteiger partial charge in [0.2, 0.25) is 0 Å². The summed E-state index contributed by atoms with van der Waals surface area (Å²) in [6.07, 6.45) is 5.50. The number of hydrogen-bond acceptors (Lipinski definition) is 4. The van der Waals surface area contributed by atoms with Gasteiger partial charge in [0, 0.05) is 66.6 Å². The first-order valence-electron chi connectivity index (χ1n) is 19.3. The minimum atomic E-state index is 0.192. The van der Waals surface area contributed by atoms with Crippen molar-refractivity contribution in [2.24, 2.45) is 0 Å². The average Bonchev–Trinajstić information content (AvgIpc) is 3.82. The number of benzene rings is 7. The van der Waals surface area contributed by atoms with E-state index in [9.17, 15) is 0 Å². The van der Waals surface area contributed by atoms with Crippen molar-refractivity contribution in [1.29, 1.82) is 0 Å². The topological polar surface area (TPSA) is 34.0 Å². The zero-order valence-electron chi connectivity index (χ0n) is 31.5. The van der Waals surface area contributed by atoms with E-state index in [4.69, 9.17) is 2.74 Å². The summed E-state index contributed by atoms with van der Waals surface area (Å²) >= 11 is 1.71. The molecule has 0 aliphatic carbocycles. The standard InChI is InChI=1S/C50H32N4S/c1-2-8-39(9-3-1)53(48-11-4-5-26-52-48)41-21-23-43-42-22-16-34(29-46(42)55-47(43)32-41)13-12-33-14-17-35(18-15-33)38-30-37-20-19-36-7-6-10-44-49(36)50(37)45(31-38)54(44)40-24-27-51-28-25-40/h1-32H/b13-12+/i12D,13D. The Bertz CT molecular complexity index is 3260. The van der Waals surface area contributed by atoms with E-state index in [1.54, 1.807) is 11.3 Å². The first-order valence-corrected chi connectivity index (χ1v) is 19.1. The van der Waals surface area contributed by atoms with Gasteiger partial charge in [-0.15, -0.1) is 11.3 Å². The minimum absolute atomic E-state index is 0.192. The van der Waals surface area contributed by atoms with Crippen molar-refractivity contribution in [3.05, 3.63) is 194 Å². The van der Waals surface area contributed by atoms with Gasteiger partial charge in [-0.05, 0) is 106 Å². The van der Waals surface area contributed by atoms with Crippen molar-refractivity contribution in [3.63, 3.8) is 0 Å². The second kappa shape index (κ2) is 12.8. The van der Waals surface area contributed by atoms with Crippen LogP contribution in [-0.4, -0.2) is 14.5 Å². The maximum atomic E-state index is 9.14. The molecule has 0 fully saturated rings. The van der Waals surface area contributed by atoms with Crippen LogP contribution in [0, 0.1) is 0 Å². The number of thiophene rings is 1. The highest BCUT2D eigenvalue weighted by Crippen LogP contribution is 2.42. The highest BCUT2D eigenvalue weighted by molar-refractivity contribution is 7.25. The SMILES string of the molecule is [2H]/C(=C(/[2H])c1ccc2c(c1)sc1cc(N(c3ccccc3)c3ccccn3)ccc12)c1ccc(-c2cc3ccc4cccc5c4c3c(c2)n5-c2ccncc2)cc1. The normalized spacial score (nSPS) is 12.8. The summed E-state index contributed by atoms with van der Waals surface area (Å²) in [5, 5.41) is 7.24. The number of anilines is 3. The predicted molar refractivity (Wildman–Crippen MR) is 233 cm³/mol. The van der Waals surface area contributed by atoms with E-state index >= 15 is 0 Å². The molecule has 0 N–H and O–H groups in total. The molecular weight excluding hydrogens is 689 g/mol. The summed E-state index contributed by atoms with van der Waals surface area (Å²) < 4.78 is 22.8. The summed E-state index contributed by atoms with van der Waals surface area (Å²) in [7, 11) is 0. The van der Waals surface area contributed by atoms with E-state index in [0.717, 1.165) is 59.9 Å². The monoisotopic (exact) mass is 722 g/mol. The third-order valence-corrected chi connectivity index (χ3v) is 11.6. The summed E-state index contributed by atoms with van der Waals surface area (Å²) in [5.41, 5.74) is 9.04. The Morgan fingerprint density at radius 2 is 1.27 bits per heavy atom. The van der Waals surface area contributed by atoms with Gasteiger partial charge in [0.15, 0.2) is 0 Å². The van der Waals surface area contributed by atoms with Crippen molar-refractivity contribution in [3.8, 4) is 16.8 Å². The molecule has 11 aromatic rings. The van der Waals surface area contributed by atoms with Crippen LogP contribution in [0.4, 0.5) is 17.2 Å². The highest BCUT2D eigenvalue weighted by Gasteiger charge is 2.18. The lowest BCUT2D eigenvalue weighted by Gasteiger charge is -2.24. The summed E-state index contributed by atoms with van der Waals surface area (Å²) in [6, 6.07) is 56.9. The number of aromatic nitrogens is 3. The molecule has 4 heterocycles. The van der Waals surface area contributed by atoms with Crippen molar-refractivity contribution in [2.45, 2.75) is 0 Å². The van der Waals surface area contributed by atoms with Gasteiger partial charge in [0.25, 0.3) is 0 Å². The molecule has 0 aliphatic heterocycles. The third-order valence-electron chi connectivity index (χ3n) is 10.5. The van der Waals surface area contributed by atoms with Crippen molar-refractivity contribution >= 4 is 93.4 Å². The van der Waals surface area contributed by atoms with Gasteiger partial charge in [0.05, 0.1) is 13.8 Å². The molecule has 0 aliphatic rings. The molecule has 0 radical (unpaired) electrons. The van der Waals surface area contributed by atoms with Gasteiger partial charge in [-0.3, -0.25) is 9.88 Å². The van der Waals surface area contributed by atoms with E-state index < -0.39 is 0 Å². The van der Waals surface area contributed by atoms with Crippen molar-refractivity contribution < 1.29 is 2.74 Å². The van der Waals surface area contributed by atoms with Crippen LogP contribution in [0.5, 0.6) is 0 Å². The van der Waals surface area contributed by atoms with Gasteiger partial charge in [-0.1, -0.05) is 103 Å². The second-order valence-electron chi connectivity index (χ2n) is 13.8. The number of nitrogens with zero attached hydrogens (tertiary/aromatic N) is 4. The Morgan fingerprint density at radius 3 is 2.11 bits per heavy atom. The van der Waals surface area contributed by atoms with Crippen LogP contribution >= 0.6 is 11.3 Å². The lowest BCUT2D eigenvalue weighted by Crippen LogP contribution is -2.10. The number of fused-ring (bicyclic) bond motifs is 3. The quantitative estimate of drug-likeness (QED) is 0.121. The first kappa shape index (κ1) is 29.4. The van der Waals surface area contributed by atoms with Crippen LogP contribution in [0.1, 0.15) is 13.9 Å². The molecule has 0 saturated carbocycles. The maximum absolute atomic E-state index is 9.14. The number of pyridine rings is 2. The molecular formula is C50H32N4S. The Labute approximate surface area is 324 Å². The highest BCUT2D eigenvalue weighted by atomic mass is 32.1. The van der Waals surface area contributed by atoms with E-state index in [2.05, 4.69) is 129 Å². The predicted octanol–water partition coefficient (Wildman–Crippen LogP) is 13.8. The molecule has 4 nitrogen and oxygen atoms in total. The Balaban J connectivity index is 0.937.